The highest BCUT2D eigenvalue weighted by atomic mass is 16.7. The van der Waals surface area contributed by atoms with Gasteiger partial charge in [0.2, 0.25) is 24.5 Å². The average Bonchev–Trinajstić information content (AvgIpc) is 3.07. The summed E-state index contributed by atoms with van der Waals surface area (Å²) in [6, 6.07) is 4.82. The van der Waals surface area contributed by atoms with Crippen molar-refractivity contribution < 1.29 is 53.2 Å². The molecule has 4 amide bonds. The lowest BCUT2D eigenvalue weighted by atomic mass is 10.1. The number of esters is 1. The number of imide groups is 1. The first-order chi connectivity index (χ1) is 23.5. The quantitative estimate of drug-likeness (QED) is 0.0745. The predicted molar refractivity (Wildman–Crippen MR) is 184 cm³/mol. The number of carboxylic acid groups (broad SMARTS) is 1. The lowest BCUT2D eigenvalue weighted by Gasteiger charge is -2.31. The van der Waals surface area contributed by atoms with Gasteiger partial charge in [0, 0.05) is 45.7 Å². The molecular formula is C35H53N3O11. The summed E-state index contributed by atoms with van der Waals surface area (Å²) in [5, 5.41) is 24.8. The Labute approximate surface area is 288 Å². The zero-order chi connectivity index (χ0) is 37.2. The number of amides is 4. The summed E-state index contributed by atoms with van der Waals surface area (Å²) in [6.45, 7) is 11.3. The molecule has 0 radical (unpaired) electrons. The summed E-state index contributed by atoms with van der Waals surface area (Å²) >= 11 is 0. The highest BCUT2D eigenvalue weighted by Gasteiger charge is 2.34. The fourth-order valence-electron chi connectivity index (χ4n) is 4.25. The zero-order valence-corrected chi connectivity index (χ0v) is 29.4. The minimum absolute atomic E-state index is 0.0247. The highest BCUT2D eigenvalue weighted by molar-refractivity contribution is 5.94. The van der Waals surface area contributed by atoms with Crippen LogP contribution in [-0.2, 0) is 38.2 Å². The van der Waals surface area contributed by atoms with Crippen molar-refractivity contribution in [1.82, 2.24) is 10.2 Å². The fraction of sp³-hybridized carbons (Fsp3) is 0.543. The van der Waals surface area contributed by atoms with Crippen molar-refractivity contribution in [3.63, 3.8) is 0 Å². The van der Waals surface area contributed by atoms with Gasteiger partial charge in [-0.2, -0.15) is 0 Å². The predicted octanol–water partition coefficient (Wildman–Crippen LogP) is 4.21. The lowest BCUT2D eigenvalue weighted by Crippen LogP contribution is -2.42. The Morgan fingerprint density at radius 2 is 1.73 bits per heavy atom. The van der Waals surface area contributed by atoms with Gasteiger partial charge in [-0.3, -0.25) is 28.9 Å². The number of benzene rings is 1. The molecule has 3 atom stereocenters. The molecule has 274 valence electrons. The Morgan fingerprint density at radius 1 is 1.02 bits per heavy atom. The van der Waals surface area contributed by atoms with Crippen LogP contribution in [-0.4, -0.2) is 89.4 Å². The SMILES string of the molecule is C/C=C\C(=O)N(C=O)CCCCCC(=O)NCCC(=O)Nc1cc(/C=C/COC(C)=O)ccc1OC1CC(O)CC(C(=O)O)O1.CC.CC. The van der Waals surface area contributed by atoms with E-state index in [0.717, 1.165) is 4.90 Å². The molecule has 1 aromatic rings. The number of rotatable bonds is 18. The van der Waals surface area contributed by atoms with Crippen LogP contribution in [0.4, 0.5) is 5.69 Å². The van der Waals surface area contributed by atoms with Crippen molar-refractivity contribution in [2.24, 2.45) is 0 Å². The van der Waals surface area contributed by atoms with Crippen LogP contribution in [0.3, 0.4) is 0 Å². The minimum Gasteiger partial charge on any atom is -0.479 e. The van der Waals surface area contributed by atoms with E-state index in [1.54, 1.807) is 43.4 Å². The Hall–Kier alpha value is -4.56. The van der Waals surface area contributed by atoms with Gasteiger partial charge in [-0.25, -0.2) is 4.79 Å². The molecule has 0 aromatic heterocycles. The van der Waals surface area contributed by atoms with E-state index in [1.165, 1.54) is 13.0 Å². The van der Waals surface area contributed by atoms with Crippen molar-refractivity contribution in [2.75, 3.05) is 25.0 Å². The third-order valence-corrected chi connectivity index (χ3v) is 6.47. The van der Waals surface area contributed by atoms with E-state index in [9.17, 15) is 39.0 Å². The van der Waals surface area contributed by atoms with E-state index in [2.05, 4.69) is 10.6 Å². The number of aliphatic hydroxyl groups is 1. The second kappa shape index (κ2) is 26.4. The van der Waals surface area contributed by atoms with Crippen LogP contribution in [0.2, 0.25) is 0 Å². The monoisotopic (exact) mass is 691 g/mol. The van der Waals surface area contributed by atoms with Gasteiger partial charge >= 0.3 is 11.9 Å². The Balaban J connectivity index is 0.00000554. The zero-order valence-electron chi connectivity index (χ0n) is 29.4. The maximum atomic E-state index is 12.8. The molecule has 14 heteroatoms. The average molecular weight is 692 g/mol. The summed E-state index contributed by atoms with van der Waals surface area (Å²) in [7, 11) is 0. The Morgan fingerprint density at radius 3 is 2.37 bits per heavy atom. The van der Waals surface area contributed by atoms with Crippen LogP contribution in [0.25, 0.3) is 6.08 Å². The van der Waals surface area contributed by atoms with Crippen LogP contribution in [0.5, 0.6) is 5.75 Å². The first-order valence-electron chi connectivity index (χ1n) is 16.6. The molecule has 0 spiro atoms. The Kier molecular flexibility index (Phi) is 23.9. The van der Waals surface area contributed by atoms with Gasteiger partial charge in [-0.15, -0.1) is 0 Å². The lowest BCUT2D eigenvalue weighted by molar-refractivity contribution is -0.195. The van der Waals surface area contributed by atoms with Gasteiger partial charge in [0.15, 0.2) is 6.10 Å². The molecule has 1 aliphatic heterocycles. The number of carbonyl (C=O) groups excluding carboxylic acids is 5. The number of allylic oxidation sites excluding steroid dienone is 1. The van der Waals surface area contributed by atoms with Gasteiger partial charge in [-0.1, -0.05) is 52.3 Å². The second-order valence-electron chi connectivity index (χ2n) is 10.2. The molecular weight excluding hydrogens is 638 g/mol. The number of aliphatic carboxylic acids is 1. The molecule has 2 rings (SSSR count). The smallest absolute Gasteiger partial charge is 0.333 e. The largest absolute Gasteiger partial charge is 0.479 e. The normalized spacial score (nSPS) is 16.7. The molecule has 1 fully saturated rings. The van der Waals surface area contributed by atoms with E-state index in [1.807, 2.05) is 27.7 Å². The first-order valence-corrected chi connectivity index (χ1v) is 16.6. The van der Waals surface area contributed by atoms with Crippen molar-refractivity contribution in [2.45, 2.75) is 105 Å². The van der Waals surface area contributed by atoms with Crippen molar-refractivity contribution >= 4 is 47.8 Å². The van der Waals surface area contributed by atoms with Crippen LogP contribution < -0.4 is 15.4 Å². The molecule has 0 saturated carbocycles. The van der Waals surface area contributed by atoms with Crippen molar-refractivity contribution in [3.05, 3.63) is 42.0 Å². The van der Waals surface area contributed by atoms with E-state index >= 15 is 0 Å². The molecule has 1 aromatic carbocycles. The molecule has 49 heavy (non-hydrogen) atoms. The number of aliphatic hydroxyl groups excluding tert-OH is 1. The summed E-state index contributed by atoms with van der Waals surface area (Å²) in [6.07, 6.45) is 5.18. The van der Waals surface area contributed by atoms with Crippen LogP contribution in [0.1, 0.15) is 92.1 Å². The summed E-state index contributed by atoms with van der Waals surface area (Å²) in [5.41, 5.74) is 0.877. The molecule has 1 heterocycles. The summed E-state index contributed by atoms with van der Waals surface area (Å²) < 4.78 is 16.2. The fourth-order valence-corrected chi connectivity index (χ4v) is 4.25. The molecule has 3 unspecified atom stereocenters. The molecule has 0 aliphatic carbocycles. The topological polar surface area (TPSA) is 198 Å². The number of hydrogen-bond acceptors (Lipinski definition) is 10. The van der Waals surface area contributed by atoms with Gasteiger partial charge in [0.05, 0.1) is 11.8 Å². The number of anilines is 1. The first kappa shape index (κ1) is 44.4. The summed E-state index contributed by atoms with van der Waals surface area (Å²) in [4.78, 5) is 71.2. The van der Waals surface area contributed by atoms with E-state index < -0.39 is 42.3 Å². The standard InChI is InChI=1S/C31H41N3O11.2C2H6/c1-3-8-29(40)34(20-35)15-6-4-5-10-27(38)32-14-13-28(39)33-24-17-22(9-7-16-43-21(2)36)11-12-25(24)44-30-19-23(37)18-26(45-30)31(41)42;2*1-2/h3,7-9,11-12,17,20,23,26,30,37H,4-6,10,13-16,18-19H2,1-2H3,(H,32,38)(H,33,39)(H,41,42);2*1-2H3/b8-3-,9-7+;;. The second-order valence-corrected chi connectivity index (χ2v) is 10.2. The van der Waals surface area contributed by atoms with E-state index in [-0.39, 0.29) is 62.7 Å². The van der Waals surface area contributed by atoms with Crippen LogP contribution >= 0.6 is 0 Å². The Bertz CT molecular complexity index is 1250. The minimum atomic E-state index is -1.25. The molecule has 1 aliphatic rings. The maximum absolute atomic E-state index is 12.8. The third kappa shape index (κ3) is 19.1. The van der Waals surface area contributed by atoms with Crippen molar-refractivity contribution in [1.29, 1.82) is 0 Å². The highest BCUT2D eigenvalue weighted by Crippen LogP contribution is 2.31. The van der Waals surface area contributed by atoms with Gasteiger partial charge in [0.25, 0.3) is 5.91 Å². The molecule has 1 saturated heterocycles. The van der Waals surface area contributed by atoms with E-state index in [4.69, 9.17) is 14.2 Å². The van der Waals surface area contributed by atoms with Crippen LogP contribution in [0, 0.1) is 0 Å². The molecule has 4 N–H and O–H groups in total. The third-order valence-electron chi connectivity index (χ3n) is 6.47. The number of nitrogens with zero attached hydrogens (tertiary/aromatic N) is 1. The van der Waals surface area contributed by atoms with Gasteiger partial charge in [-0.05, 0) is 49.6 Å². The van der Waals surface area contributed by atoms with Gasteiger partial charge in [0.1, 0.15) is 12.4 Å². The maximum Gasteiger partial charge on any atom is 0.333 e. The number of carbonyl (C=O) groups is 6. The van der Waals surface area contributed by atoms with E-state index in [0.29, 0.717) is 31.2 Å². The number of unbranched alkanes of at least 4 members (excludes halogenated alkanes) is 2. The number of carboxylic acids is 1. The van der Waals surface area contributed by atoms with Crippen molar-refractivity contribution in [3.8, 4) is 5.75 Å². The molecule has 0 bridgehead atoms. The van der Waals surface area contributed by atoms with Gasteiger partial charge < -0.3 is 35.1 Å². The number of hydrogen-bond donors (Lipinski definition) is 4. The van der Waals surface area contributed by atoms with Crippen LogP contribution in [0.15, 0.2) is 36.4 Å². The number of nitrogens with one attached hydrogen (secondary N) is 2. The summed E-state index contributed by atoms with van der Waals surface area (Å²) in [5.74, 6) is -2.56. The number of ether oxygens (including phenoxy) is 3. The molecule has 14 nitrogen and oxygen atoms in total.